The van der Waals surface area contributed by atoms with Crippen LogP contribution in [0.25, 0.3) is 10.8 Å². The zero-order valence-corrected chi connectivity index (χ0v) is 23.1. The molecule has 3 aliphatic carbocycles. The third-order valence-corrected chi connectivity index (χ3v) is 9.62. The van der Waals surface area contributed by atoms with Crippen LogP contribution in [0.2, 0.25) is 0 Å². The zero-order valence-electron chi connectivity index (χ0n) is 23.1. The summed E-state index contributed by atoms with van der Waals surface area (Å²) in [7, 11) is 0. The SMILES string of the molecule is CC(=O)NCC1CC(=O)C2=C(C1)O[C@@H]1C(=C2)CC[C@@]2(C)[C@H]1CC(C)(OC(C)=O)[C@@H]2c1cccc2cnccc12. The van der Waals surface area contributed by atoms with Crippen LogP contribution in [-0.4, -0.2) is 40.9 Å². The first-order valence-electron chi connectivity index (χ1n) is 14.0. The molecule has 1 aromatic carbocycles. The van der Waals surface area contributed by atoms with Gasteiger partial charge in [-0.25, -0.2) is 0 Å². The van der Waals surface area contributed by atoms with Gasteiger partial charge in [-0.2, -0.15) is 0 Å². The summed E-state index contributed by atoms with van der Waals surface area (Å²) in [6, 6.07) is 8.36. The number of esters is 1. The number of hydrogen-bond donors (Lipinski definition) is 1. The molecule has 7 nitrogen and oxygen atoms in total. The number of Topliss-reactive ketones (excluding diaryl/α,β-unsaturated/α-hetero) is 1. The van der Waals surface area contributed by atoms with Gasteiger partial charge in [0.05, 0.1) is 5.57 Å². The fraction of sp³-hybridized carbons (Fsp3) is 0.500. The van der Waals surface area contributed by atoms with Gasteiger partial charge in [0.1, 0.15) is 17.5 Å². The Bertz CT molecular complexity index is 1440. The van der Waals surface area contributed by atoms with Crippen LogP contribution in [0.15, 0.2) is 59.6 Å². The Morgan fingerprint density at radius 3 is 2.77 bits per heavy atom. The third-order valence-electron chi connectivity index (χ3n) is 9.62. The lowest BCUT2D eigenvalue weighted by atomic mass is 9.60. The van der Waals surface area contributed by atoms with Crippen molar-refractivity contribution in [3.05, 3.63) is 65.2 Å². The predicted octanol–water partition coefficient (Wildman–Crippen LogP) is 5.15. The first-order valence-corrected chi connectivity index (χ1v) is 14.0. The molecule has 1 amide bonds. The Kier molecular flexibility index (Phi) is 6.16. The molecule has 2 unspecified atom stereocenters. The highest BCUT2D eigenvalue weighted by Gasteiger charge is 2.64. The van der Waals surface area contributed by atoms with E-state index in [-0.39, 0.29) is 46.9 Å². The van der Waals surface area contributed by atoms with Crippen molar-refractivity contribution >= 4 is 28.4 Å². The van der Waals surface area contributed by atoms with Gasteiger partial charge in [-0.3, -0.25) is 19.4 Å². The van der Waals surface area contributed by atoms with Gasteiger partial charge in [0.25, 0.3) is 0 Å². The standard InChI is InChI=1S/C32H36N2O5/c1-18(35)34-16-20-12-27(37)25-14-21-8-10-31(3)26(29(21)38-28(25)13-20)15-32(4,39-19(2)36)30(31)24-7-5-6-22-17-33-11-9-23(22)24/h5-7,9,11,14,17,20,26,29-30H,8,10,12-13,15-16H2,1-4H3,(H,34,35)/t20?,26-,29+,30+,31-,32?/m0/s1. The van der Waals surface area contributed by atoms with E-state index in [4.69, 9.17) is 9.47 Å². The van der Waals surface area contributed by atoms with E-state index in [1.165, 1.54) is 19.4 Å². The van der Waals surface area contributed by atoms with E-state index in [1.54, 1.807) is 0 Å². The van der Waals surface area contributed by atoms with Crippen molar-refractivity contribution in [2.75, 3.05) is 6.54 Å². The van der Waals surface area contributed by atoms with Crippen molar-refractivity contribution in [2.24, 2.45) is 17.3 Å². The number of nitrogens with zero attached hydrogens (tertiary/aromatic N) is 1. The molecule has 6 rings (SSSR count). The van der Waals surface area contributed by atoms with Gasteiger partial charge in [0.2, 0.25) is 5.91 Å². The molecule has 39 heavy (non-hydrogen) atoms. The molecule has 0 radical (unpaired) electrons. The smallest absolute Gasteiger partial charge is 0.303 e. The van der Waals surface area contributed by atoms with Crippen molar-refractivity contribution in [3.63, 3.8) is 0 Å². The van der Waals surface area contributed by atoms with Crippen LogP contribution in [0.4, 0.5) is 0 Å². The fourth-order valence-corrected chi connectivity index (χ4v) is 8.14. The molecule has 0 bridgehead atoms. The summed E-state index contributed by atoms with van der Waals surface area (Å²) in [5.74, 6) is 0.545. The number of rotatable bonds is 4. The monoisotopic (exact) mass is 528 g/mol. The molecule has 1 N–H and O–H groups in total. The first-order chi connectivity index (χ1) is 18.6. The molecular formula is C32H36N2O5. The second-order valence-corrected chi connectivity index (χ2v) is 12.3. The highest BCUT2D eigenvalue weighted by atomic mass is 16.6. The van der Waals surface area contributed by atoms with Crippen LogP contribution in [0, 0.1) is 17.3 Å². The largest absolute Gasteiger partial charge is 0.489 e. The van der Waals surface area contributed by atoms with E-state index >= 15 is 0 Å². The molecule has 2 saturated carbocycles. The first kappa shape index (κ1) is 25.8. The number of carbonyl (C=O) groups excluding carboxylic acids is 3. The lowest BCUT2D eigenvalue weighted by molar-refractivity contribution is -0.157. The van der Waals surface area contributed by atoms with Crippen molar-refractivity contribution in [2.45, 2.75) is 77.4 Å². The minimum absolute atomic E-state index is 0.0250. The minimum Gasteiger partial charge on any atom is -0.489 e. The van der Waals surface area contributed by atoms with E-state index in [0.29, 0.717) is 31.4 Å². The average Bonchev–Trinajstić information content (AvgIpc) is 3.12. The van der Waals surface area contributed by atoms with Crippen LogP contribution in [0.5, 0.6) is 0 Å². The van der Waals surface area contributed by atoms with Crippen molar-refractivity contribution in [1.29, 1.82) is 0 Å². The molecule has 1 aliphatic heterocycles. The number of pyridine rings is 1. The topological polar surface area (TPSA) is 94.6 Å². The molecular weight excluding hydrogens is 492 g/mol. The van der Waals surface area contributed by atoms with Crippen molar-refractivity contribution in [1.82, 2.24) is 10.3 Å². The molecule has 2 aromatic rings. The van der Waals surface area contributed by atoms with Gasteiger partial charge in [-0.1, -0.05) is 25.1 Å². The maximum atomic E-state index is 13.1. The third kappa shape index (κ3) is 4.26. The number of aromatic nitrogens is 1. The summed E-state index contributed by atoms with van der Waals surface area (Å²) in [5.41, 5.74) is 2.12. The average molecular weight is 529 g/mol. The fourth-order valence-electron chi connectivity index (χ4n) is 8.14. The Hall–Kier alpha value is -3.48. The summed E-state index contributed by atoms with van der Waals surface area (Å²) in [6.07, 6.45) is 9.07. The van der Waals surface area contributed by atoms with Gasteiger partial charge in [-0.05, 0) is 66.2 Å². The van der Waals surface area contributed by atoms with E-state index in [0.717, 1.165) is 34.9 Å². The highest BCUT2D eigenvalue weighted by molar-refractivity contribution is 6.00. The predicted molar refractivity (Wildman–Crippen MR) is 146 cm³/mol. The summed E-state index contributed by atoms with van der Waals surface area (Å²) in [6.45, 7) is 7.85. The van der Waals surface area contributed by atoms with E-state index in [2.05, 4.69) is 54.5 Å². The maximum Gasteiger partial charge on any atom is 0.303 e. The van der Waals surface area contributed by atoms with Crippen LogP contribution in [0.1, 0.15) is 71.3 Å². The number of ether oxygens (including phenoxy) is 2. The van der Waals surface area contributed by atoms with Gasteiger partial charge < -0.3 is 14.8 Å². The number of allylic oxidation sites excluding steroid dienone is 3. The van der Waals surface area contributed by atoms with Crippen LogP contribution >= 0.6 is 0 Å². The molecule has 4 aliphatic rings. The Morgan fingerprint density at radius 2 is 2.00 bits per heavy atom. The zero-order chi connectivity index (χ0) is 27.5. The van der Waals surface area contributed by atoms with E-state index in [1.807, 2.05) is 12.4 Å². The van der Waals surface area contributed by atoms with Crippen LogP contribution in [-0.2, 0) is 23.9 Å². The normalized spacial score (nSPS) is 33.4. The van der Waals surface area contributed by atoms with Gasteiger partial charge in [0.15, 0.2) is 5.78 Å². The molecule has 0 spiro atoms. The Morgan fingerprint density at radius 1 is 1.18 bits per heavy atom. The number of carbonyl (C=O) groups is 3. The summed E-state index contributed by atoms with van der Waals surface area (Å²) < 4.78 is 13.0. The number of fused-ring (bicyclic) bond motifs is 4. The number of hydrogen-bond acceptors (Lipinski definition) is 6. The van der Waals surface area contributed by atoms with Crippen LogP contribution < -0.4 is 5.32 Å². The van der Waals surface area contributed by atoms with Gasteiger partial charge in [-0.15, -0.1) is 0 Å². The lowest BCUT2D eigenvalue weighted by Gasteiger charge is -2.48. The second kappa shape index (κ2) is 9.32. The van der Waals surface area contributed by atoms with Gasteiger partial charge in [0, 0.05) is 62.8 Å². The molecule has 204 valence electrons. The number of benzene rings is 1. The van der Waals surface area contributed by atoms with Crippen molar-refractivity contribution < 1.29 is 23.9 Å². The van der Waals surface area contributed by atoms with Crippen molar-refractivity contribution in [3.8, 4) is 0 Å². The number of amides is 1. The molecule has 2 heterocycles. The Balaban J connectivity index is 1.39. The molecule has 6 atom stereocenters. The van der Waals surface area contributed by atoms with E-state index < -0.39 is 5.60 Å². The highest BCUT2D eigenvalue weighted by Crippen LogP contribution is 2.66. The quantitative estimate of drug-likeness (QED) is 0.552. The van der Waals surface area contributed by atoms with Gasteiger partial charge >= 0.3 is 5.97 Å². The Labute approximate surface area is 229 Å². The molecule has 2 fully saturated rings. The maximum absolute atomic E-state index is 13.1. The van der Waals surface area contributed by atoms with E-state index in [9.17, 15) is 14.4 Å². The molecule has 1 aromatic heterocycles. The number of nitrogens with one attached hydrogen (secondary N) is 1. The minimum atomic E-state index is -0.716. The summed E-state index contributed by atoms with van der Waals surface area (Å²) >= 11 is 0. The summed E-state index contributed by atoms with van der Waals surface area (Å²) in [4.78, 5) is 41.3. The number of ketones is 1. The molecule has 7 heteroatoms. The summed E-state index contributed by atoms with van der Waals surface area (Å²) in [5, 5.41) is 5.06. The molecule has 0 saturated heterocycles. The second-order valence-electron chi connectivity index (χ2n) is 12.3. The van der Waals surface area contributed by atoms with Crippen LogP contribution in [0.3, 0.4) is 0 Å². The lowest BCUT2D eigenvalue weighted by Crippen LogP contribution is -2.44.